The maximum absolute atomic E-state index is 12.3. The fourth-order valence-corrected chi connectivity index (χ4v) is 3.26. The molecule has 1 saturated heterocycles. The number of benzene rings is 1. The van der Waals surface area contributed by atoms with Crippen LogP contribution in [0.2, 0.25) is 0 Å². The van der Waals surface area contributed by atoms with Crippen molar-refractivity contribution in [3.8, 4) is 0 Å². The van der Waals surface area contributed by atoms with E-state index in [1.54, 1.807) is 29.2 Å². The van der Waals surface area contributed by atoms with Crippen LogP contribution < -0.4 is 10.2 Å². The van der Waals surface area contributed by atoms with E-state index in [2.05, 4.69) is 36.3 Å². The molecule has 3 rings (SSSR count). The molecular weight excluding hydrogens is 324 g/mol. The first-order valence-electron chi connectivity index (χ1n) is 7.90. The molecule has 2 aromatic rings. The Morgan fingerprint density at radius 1 is 1.21 bits per heavy atom. The number of amides is 2. The molecule has 1 N–H and O–H groups in total. The van der Waals surface area contributed by atoms with Crippen LogP contribution in [0.5, 0.6) is 0 Å². The van der Waals surface area contributed by atoms with Gasteiger partial charge in [0, 0.05) is 29.6 Å². The molecule has 6 nitrogen and oxygen atoms in total. The van der Waals surface area contributed by atoms with Crippen LogP contribution in [0.4, 0.5) is 10.8 Å². The minimum absolute atomic E-state index is 0.0927. The molecule has 0 saturated carbocycles. The highest BCUT2D eigenvalue weighted by Gasteiger charge is 2.22. The van der Waals surface area contributed by atoms with Crippen molar-refractivity contribution >= 4 is 34.0 Å². The Morgan fingerprint density at radius 3 is 2.46 bits per heavy atom. The van der Waals surface area contributed by atoms with Crippen molar-refractivity contribution in [3.63, 3.8) is 0 Å². The van der Waals surface area contributed by atoms with Gasteiger partial charge in [0.1, 0.15) is 5.01 Å². The van der Waals surface area contributed by atoms with E-state index >= 15 is 0 Å². The maximum atomic E-state index is 12.3. The average Bonchev–Trinajstić information content (AvgIpc) is 3.16. The molecule has 1 aromatic heterocycles. The Bertz CT molecular complexity index is 762. The monoisotopic (exact) mass is 344 g/mol. The topological polar surface area (TPSA) is 75.2 Å². The second-order valence-electron chi connectivity index (χ2n) is 6.81. The number of aromatic nitrogens is 2. The Kier molecular flexibility index (Phi) is 4.36. The third-order valence-corrected chi connectivity index (χ3v) is 5.07. The quantitative estimate of drug-likeness (QED) is 0.928. The molecule has 0 bridgehead atoms. The number of hydrogen-bond acceptors (Lipinski definition) is 5. The van der Waals surface area contributed by atoms with Crippen molar-refractivity contribution in [1.82, 2.24) is 10.2 Å². The van der Waals surface area contributed by atoms with Crippen LogP contribution >= 0.6 is 11.3 Å². The number of anilines is 2. The lowest BCUT2D eigenvalue weighted by Crippen LogP contribution is -2.23. The van der Waals surface area contributed by atoms with Crippen LogP contribution in [0.25, 0.3) is 0 Å². The molecule has 1 fully saturated rings. The normalized spacial score (nSPS) is 15.0. The summed E-state index contributed by atoms with van der Waals surface area (Å²) in [6, 6.07) is 7.06. The van der Waals surface area contributed by atoms with E-state index in [4.69, 9.17) is 0 Å². The van der Waals surface area contributed by atoms with Gasteiger partial charge in [-0.05, 0) is 30.7 Å². The predicted molar refractivity (Wildman–Crippen MR) is 94.6 cm³/mol. The van der Waals surface area contributed by atoms with Crippen molar-refractivity contribution < 1.29 is 9.59 Å². The van der Waals surface area contributed by atoms with Crippen LogP contribution in [-0.2, 0) is 10.2 Å². The van der Waals surface area contributed by atoms with Crippen LogP contribution in [0.1, 0.15) is 49.0 Å². The number of carbonyl (C=O) groups excluding carboxylic acids is 2. The number of hydrogen-bond donors (Lipinski definition) is 1. The van der Waals surface area contributed by atoms with Gasteiger partial charge >= 0.3 is 0 Å². The molecule has 7 heteroatoms. The van der Waals surface area contributed by atoms with Gasteiger partial charge < -0.3 is 4.90 Å². The molecule has 2 heterocycles. The minimum atomic E-state index is -0.231. The van der Waals surface area contributed by atoms with Crippen LogP contribution in [0.3, 0.4) is 0 Å². The van der Waals surface area contributed by atoms with Crippen LogP contribution in [0, 0.1) is 0 Å². The van der Waals surface area contributed by atoms with Crippen LogP contribution in [0.15, 0.2) is 24.3 Å². The Labute approximate surface area is 144 Å². The van der Waals surface area contributed by atoms with Gasteiger partial charge in [0.05, 0.1) is 0 Å². The van der Waals surface area contributed by atoms with Crippen molar-refractivity contribution in [2.24, 2.45) is 0 Å². The fraction of sp³-hybridized carbons (Fsp3) is 0.412. The largest absolute Gasteiger partial charge is 0.312 e. The first kappa shape index (κ1) is 16.6. The predicted octanol–water partition coefficient (Wildman–Crippen LogP) is 3.21. The summed E-state index contributed by atoms with van der Waals surface area (Å²) < 4.78 is 0. The summed E-state index contributed by atoms with van der Waals surface area (Å²) in [5.74, 6) is -0.0957. The average molecular weight is 344 g/mol. The second-order valence-corrected chi connectivity index (χ2v) is 7.79. The number of nitrogens with zero attached hydrogens (tertiary/aromatic N) is 3. The molecule has 0 atom stereocenters. The Morgan fingerprint density at radius 2 is 1.92 bits per heavy atom. The summed E-state index contributed by atoms with van der Waals surface area (Å²) in [7, 11) is 0. The van der Waals surface area contributed by atoms with E-state index in [9.17, 15) is 9.59 Å². The van der Waals surface area contributed by atoms with Gasteiger partial charge in [-0.25, -0.2) is 0 Å². The van der Waals surface area contributed by atoms with E-state index in [0.717, 1.165) is 23.7 Å². The van der Waals surface area contributed by atoms with Gasteiger partial charge in [-0.2, -0.15) is 0 Å². The zero-order chi connectivity index (χ0) is 17.3. The molecule has 1 aromatic carbocycles. The molecule has 1 aliphatic heterocycles. The Balaban J connectivity index is 1.69. The molecular formula is C17H20N4O2S. The van der Waals surface area contributed by atoms with E-state index in [1.165, 1.54) is 11.3 Å². The van der Waals surface area contributed by atoms with E-state index < -0.39 is 0 Å². The first-order valence-corrected chi connectivity index (χ1v) is 8.72. The number of carbonyl (C=O) groups is 2. The van der Waals surface area contributed by atoms with Gasteiger partial charge in [-0.15, -0.1) is 10.2 Å². The summed E-state index contributed by atoms with van der Waals surface area (Å²) in [5.41, 5.74) is 1.27. The molecule has 126 valence electrons. The van der Waals surface area contributed by atoms with Crippen molar-refractivity contribution in [3.05, 3.63) is 34.8 Å². The van der Waals surface area contributed by atoms with Crippen LogP contribution in [-0.4, -0.2) is 28.6 Å². The highest BCUT2D eigenvalue weighted by atomic mass is 32.1. The number of nitrogens with one attached hydrogen (secondary N) is 1. The highest BCUT2D eigenvalue weighted by molar-refractivity contribution is 7.15. The standard InChI is InChI=1S/C17H20N4O2S/c1-17(2,3)15-19-20-16(24-15)18-14(23)11-6-8-12(9-7-11)21-10-4-5-13(21)22/h6-9H,4-5,10H2,1-3H3,(H,18,20,23). The molecule has 0 aliphatic carbocycles. The fourth-order valence-electron chi connectivity index (χ4n) is 2.46. The molecule has 2 amide bonds. The van der Waals surface area contributed by atoms with E-state index in [0.29, 0.717) is 17.1 Å². The zero-order valence-corrected chi connectivity index (χ0v) is 14.8. The molecule has 0 unspecified atom stereocenters. The zero-order valence-electron chi connectivity index (χ0n) is 14.0. The van der Waals surface area contributed by atoms with Gasteiger partial charge in [0.2, 0.25) is 11.0 Å². The van der Waals surface area contributed by atoms with Gasteiger partial charge in [-0.1, -0.05) is 32.1 Å². The van der Waals surface area contributed by atoms with E-state index in [-0.39, 0.29) is 17.2 Å². The molecule has 24 heavy (non-hydrogen) atoms. The van der Waals surface area contributed by atoms with E-state index in [1.807, 2.05) is 0 Å². The maximum Gasteiger partial charge on any atom is 0.257 e. The van der Waals surface area contributed by atoms with Crippen molar-refractivity contribution in [2.45, 2.75) is 39.0 Å². The third kappa shape index (κ3) is 3.46. The second kappa shape index (κ2) is 6.32. The third-order valence-electron chi connectivity index (χ3n) is 3.80. The van der Waals surface area contributed by atoms with Gasteiger partial charge in [0.15, 0.2) is 0 Å². The molecule has 0 spiro atoms. The summed E-state index contributed by atoms with van der Waals surface area (Å²) in [6.07, 6.45) is 1.48. The lowest BCUT2D eigenvalue weighted by molar-refractivity contribution is -0.117. The summed E-state index contributed by atoms with van der Waals surface area (Å²) in [4.78, 5) is 25.8. The summed E-state index contributed by atoms with van der Waals surface area (Å²) in [6.45, 7) is 6.90. The summed E-state index contributed by atoms with van der Waals surface area (Å²) >= 11 is 1.38. The molecule has 1 aliphatic rings. The van der Waals surface area contributed by atoms with Gasteiger partial charge in [-0.3, -0.25) is 14.9 Å². The minimum Gasteiger partial charge on any atom is -0.312 e. The Hall–Kier alpha value is -2.28. The highest BCUT2D eigenvalue weighted by Crippen LogP contribution is 2.28. The smallest absolute Gasteiger partial charge is 0.257 e. The SMILES string of the molecule is CC(C)(C)c1nnc(NC(=O)c2ccc(N3CCCC3=O)cc2)s1. The summed E-state index contributed by atoms with van der Waals surface area (Å²) in [5, 5.41) is 12.3. The van der Waals surface area contributed by atoms with Gasteiger partial charge in [0.25, 0.3) is 5.91 Å². The van der Waals surface area contributed by atoms with Crippen molar-refractivity contribution in [1.29, 1.82) is 0 Å². The molecule has 0 radical (unpaired) electrons. The van der Waals surface area contributed by atoms with Crippen molar-refractivity contribution in [2.75, 3.05) is 16.8 Å². The number of rotatable bonds is 3. The lowest BCUT2D eigenvalue weighted by atomic mass is 9.98. The lowest BCUT2D eigenvalue weighted by Gasteiger charge is -2.15. The first-order chi connectivity index (χ1) is 11.3.